The van der Waals surface area contributed by atoms with E-state index >= 15 is 0 Å². The van der Waals surface area contributed by atoms with Gasteiger partial charge in [-0.2, -0.15) is 0 Å². The molecule has 4 rings (SSSR count). The van der Waals surface area contributed by atoms with Crippen molar-refractivity contribution in [2.45, 2.75) is 6.61 Å². The quantitative estimate of drug-likeness (QED) is 0.440. The van der Waals surface area contributed by atoms with E-state index < -0.39 is 0 Å². The Morgan fingerprint density at radius 2 is 1.70 bits per heavy atom. The number of fused-ring (bicyclic) bond motifs is 1. The first-order valence-corrected chi connectivity index (χ1v) is 9.09. The highest BCUT2D eigenvalue weighted by molar-refractivity contribution is 6.42. The highest BCUT2D eigenvalue weighted by Gasteiger charge is 2.12. The van der Waals surface area contributed by atoms with Gasteiger partial charge in [-0.1, -0.05) is 53.5 Å². The molecule has 1 aromatic heterocycles. The van der Waals surface area contributed by atoms with Crippen molar-refractivity contribution in [3.05, 3.63) is 76.3 Å². The van der Waals surface area contributed by atoms with Gasteiger partial charge in [0.2, 0.25) is 0 Å². The maximum Gasteiger partial charge on any atom is 0.161 e. The summed E-state index contributed by atoms with van der Waals surface area (Å²) in [7, 11) is 1.62. The van der Waals surface area contributed by atoms with E-state index in [1.165, 1.54) is 0 Å². The van der Waals surface area contributed by atoms with Gasteiger partial charge in [-0.25, -0.2) is 4.98 Å². The predicted octanol–water partition coefficient (Wildman–Crippen LogP) is 6.12. The number of rotatable bonds is 5. The van der Waals surface area contributed by atoms with Crippen LogP contribution >= 0.6 is 23.2 Å². The first kappa shape index (κ1) is 17.7. The number of imidazole rings is 1. The molecule has 27 heavy (non-hydrogen) atoms. The van der Waals surface area contributed by atoms with Crippen LogP contribution < -0.4 is 9.47 Å². The molecule has 0 aliphatic rings. The van der Waals surface area contributed by atoms with Crippen molar-refractivity contribution in [3.8, 4) is 22.9 Å². The Balaban J connectivity index is 1.62. The summed E-state index contributed by atoms with van der Waals surface area (Å²) in [5.74, 6) is 2.02. The first-order chi connectivity index (χ1) is 13.1. The van der Waals surface area contributed by atoms with E-state index in [2.05, 4.69) is 9.97 Å². The molecule has 1 N–H and O–H groups in total. The largest absolute Gasteiger partial charge is 0.493 e. The van der Waals surface area contributed by atoms with Crippen molar-refractivity contribution in [1.82, 2.24) is 9.97 Å². The lowest BCUT2D eigenvalue weighted by molar-refractivity contribution is 0.284. The number of H-pyrrole nitrogens is 1. The summed E-state index contributed by atoms with van der Waals surface area (Å²) >= 11 is 12.2. The van der Waals surface area contributed by atoms with Crippen molar-refractivity contribution in [2.75, 3.05) is 7.11 Å². The van der Waals surface area contributed by atoms with Gasteiger partial charge in [0.1, 0.15) is 12.4 Å². The molecule has 0 radical (unpaired) electrons. The lowest BCUT2D eigenvalue weighted by Gasteiger charge is -2.11. The molecule has 4 nitrogen and oxygen atoms in total. The number of nitrogens with one attached hydrogen (secondary N) is 1. The zero-order valence-electron chi connectivity index (χ0n) is 14.5. The van der Waals surface area contributed by atoms with Crippen molar-refractivity contribution >= 4 is 34.2 Å². The Bertz CT molecular complexity index is 1060. The normalized spacial score (nSPS) is 10.9. The monoisotopic (exact) mass is 398 g/mol. The van der Waals surface area contributed by atoms with Gasteiger partial charge < -0.3 is 14.5 Å². The van der Waals surface area contributed by atoms with Crippen LogP contribution in [0.5, 0.6) is 11.5 Å². The predicted molar refractivity (Wildman–Crippen MR) is 109 cm³/mol. The van der Waals surface area contributed by atoms with Gasteiger partial charge in [0.25, 0.3) is 0 Å². The van der Waals surface area contributed by atoms with Gasteiger partial charge in [0.05, 0.1) is 28.2 Å². The van der Waals surface area contributed by atoms with E-state index in [0.29, 0.717) is 34.0 Å². The zero-order chi connectivity index (χ0) is 18.8. The van der Waals surface area contributed by atoms with Crippen LogP contribution in [0.25, 0.3) is 22.4 Å². The molecule has 0 unspecified atom stereocenters. The fourth-order valence-corrected chi connectivity index (χ4v) is 3.13. The van der Waals surface area contributed by atoms with Crippen molar-refractivity contribution < 1.29 is 9.47 Å². The molecule has 0 fully saturated rings. The van der Waals surface area contributed by atoms with Gasteiger partial charge in [0, 0.05) is 5.56 Å². The minimum Gasteiger partial charge on any atom is -0.493 e. The smallest absolute Gasteiger partial charge is 0.161 e. The summed E-state index contributed by atoms with van der Waals surface area (Å²) in [4.78, 5) is 7.85. The third kappa shape index (κ3) is 3.72. The van der Waals surface area contributed by atoms with E-state index in [-0.39, 0.29) is 0 Å². The molecular weight excluding hydrogens is 383 g/mol. The maximum absolute atomic E-state index is 6.08. The summed E-state index contributed by atoms with van der Waals surface area (Å²) in [6.45, 7) is 0.470. The van der Waals surface area contributed by atoms with Crippen LogP contribution in [0.3, 0.4) is 0 Å². The lowest BCUT2D eigenvalue weighted by atomic mass is 10.2. The summed E-state index contributed by atoms with van der Waals surface area (Å²) in [6, 6.07) is 19.2. The Kier molecular flexibility index (Phi) is 4.92. The van der Waals surface area contributed by atoms with E-state index in [1.54, 1.807) is 19.2 Å². The van der Waals surface area contributed by atoms with Crippen LogP contribution in [0.4, 0.5) is 0 Å². The number of nitrogens with zero attached hydrogens (tertiary/aromatic N) is 1. The molecule has 0 spiro atoms. The number of hydrogen-bond acceptors (Lipinski definition) is 3. The molecule has 0 aliphatic carbocycles. The minimum atomic E-state index is 0.470. The maximum atomic E-state index is 6.08. The Morgan fingerprint density at radius 3 is 2.48 bits per heavy atom. The number of hydrogen-bond donors (Lipinski definition) is 1. The molecular formula is C21H16Cl2N2O2. The van der Waals surface area contributed by atoms with Crippen LogP contribution in [0, 0.1) is 0 Å². The number of halogens is 2. The Morgan fingerprint density at radius 1 is 0.926 bits per heavy atom. The molecule has 0 amide bonds. The van der Waals surface area contributed by atoms with E-state index in [0.717, 1.165) is 22.2 Å². The minimum absolute atomic E-state index is 0.470. The summed E-state index contributed by atoms with van der Waals surface area (Å²) in [6.07, 6.45) is 0. The molecule has 0 bridgehead atoms. The average molecular weight is 399 g/mol. The van der Waals surface area contributed by atoms with Crippen LogP contribution in [0.2, 0.25) is 10.0 Å². The fourth-order valence-electron chi connectivity index (χ4n) is 2.81. The molecule has 0 aliphatic heterocycles. The third-order valence-corrected chi connectivity index (χ3v) is 4.92. The molecule has 1 heterocycles. The summed E-state index contributed by atoms with van der Waals surface area (Å²) < 4.78 is 11.4. The van der Waals surface area contributed by atoms with Crippen LogP contribution in [-0.4, -0.2) is 17.1 Å². The van der Waals surface area contributed by atoms with Crippen molar-refractivity contribution in [3.63, 3.8) is 0 Å². The second-order valence-electron chi connectivity index (χ2n) is 6.01. The molecule has 3 aromatic carbocycles. The van der Waals surface area contributed by atoms with Crippen LogP contribution in [-0.2, 0) is 6.61 Å². The highest BCUT2D eigenvalue weighted by atomic mass is 35.5. The number of aromatic amines is 1. The first-order valence-electron chi connectivity index (χ1n) is 8.34. The van der Waals surface area contributed by atoms with Gasteiger partial charge in [-0.3, -0.25) is 0 Å². The van der Waals surface area contributed by atoms with E-state index in [4.69, 9.17) is 32.7 Å². The topological polar surface area (TPSA) is 47.1 Å². The van der Waals surface area contributed by atoms with Gasteiger partial charge in [0.15, 0.2) is 11.5 Å². The standard InChI is InChI=1S/C21H16Cl2N2O2/c1-26-20-9-14(7-8-19(20)27-12-13-5-3-2-4-6-13)21-24-17-10-15(22)16(23)11-18(17)25-21/h2-11H,12H2,1H3,(H,24,25). The molecule has 0 saturated carbocycles. The number of benzene rings is 3. The second kappa shape index (κ2) is 7.51. The molecule has 4 aromatic rings. The van der Waals surface area contributed by atoms with E-state index in [9.17, 15) is 0 Å². The van der Waals surface area contributed by atoms with Gasteiger partial charge >= 0.3 is 0 Å². The van der Waals surface area contributed by atoms with E-state index in [1.807, 2.05) is 48.5 Å². The Hall–Kier alpha value is -2.69. The second-order valence-corrected chi connectivity index (χ2v) is 6.82. The molecule has 0 atom stereocenters. The molecule has 136 valence electrons. The number of ether oxygens (including phenoxy) is 2. The SMILES string of the molecule is COc1cc(-c2nc3cc(Cl)c(Cl)cc3[nH]2)ccc1OCc1ccccc1. The lowest BCUT2D eigenvalue weighted by Crippen LogP contribution is -1.97. The number of methoxy groups -OCH3 is 1. The fraction of sp³-hybridized carbons (Fsp3) is 0.0952. The van der Waals surface area contributed by atoms with Crippen LogP contribution in [0.15, 0.2) is 60.7 Å². The summed E-state index contributed by atoms with van der Waals surface area (Å²) in [5, 5.41) is 0.964. The molecule has 0 saturated heterocycles. The van der Waals surface area contributed by atoms with Crippen LogP contribution in [0.1, 0.15) is 5.56 Å². The summed E-state index contributed by atoms with van der Waals surface area (Å²) in [5.41, 5.74) is 3.54. The Labute approximate surface area is 166 Å². The third-order valence-electron chi connectivity index (χ3n) is 4.20. The molecule has 6 heteroatoms. The van der Waals surface area contributed by atoms with Crippen molar-refractivity contribution in [2.24, 2.45) is 0 Å². The number of aromatic nitrogens is 2. The zero-order valence-corrected chi connectivity index (χ0v) is 16.0. The van der Waals surface area contributed by atoms with Gasteiger partial charge in [-0.15, -0.1) is 0 Å². The van der Waals surface area contributed by atoms with Gasteiger partial charge in [-0.05, 0) is 35.9 Å². The van der Waals surface area contributed by atoms with Crippen molar-refractivity contribution in [1.29, 1.82) is 0 Å². The average Bonchev–Trinajstić information content (AvgIpc) is 3.10. The highest BCUT2D eigenvalue weighted by Crippen LogP contribution is 2.34.